The van der Waals surface area contributed by atoms with Gasteiger partial charge < -0.3 is 4.74 Å². The Labute approximate surface area is 161 Å². The van der Waals surface area contributed by atoms with Crippen LogP contribution in [0.1, 0.15) is 23.4 Å². The van der Waals surface area contributed by atoms with E-state index in [4.69, 9.17) is 33.1 Å². The Morgan fingerprint density at radius 1 is 1.08 bits per heavy atom. The van der Waals surface area contributed by atoms with E-state index in [-0.39, 0.29) is 37.8 Å². The highest BCUT2D eigenvalue weighted by Crippen LogP contribution is 2.36. The maximum Gasteiger partial charge on any atom is 0.222 e. The lowest BCUT2D eigenvalue weighted by Crippen LogP contribution is -2.25. The first kappa shape index (κ1) is 20.8. The molecule has 0 aliphatic carbocycles. The van der Waals surface area contributed by atoms with E-state index < -0.39 is 25.1 Å². The van der Waals surface area contributed by atoms with Crippen molar-refractivity contribution in [3.63, 3.8) is 0 Å². The Morgan fingerprint density at radius 2 is 1.65 bits per heavy atom. The number of halogens is 2. The molecule has 1 atom stereocenters. The van der Waals surface area contributed by atoms with Crippen molar-refractivity contribution in [3.05, 3.63) is 45.6 Å². The zero-order valence-corrected chi connectivity index (χ0v) is 16.8. The second kappa shape index (κ2) is 7.65. The SMILES string of the molecule is CCS(=O)(=O)c1cc(OC)c(C(c2cc(Cl)cc(Cl)c2)S(N)(=O)=O)nn1. The van der Waals surface area contributed by atoms with Crippen LogP contribution in [0.25, 0.3) is 0 Å². The van der Waals surface area contributed by atoms with Crippen LogP contribution in [0.2, 0.25) is 10.0 Å². The maximum absolute atomic E-state index is 12.2. The molecule has 1 unspecified atom stereocenters. The standard InChI is InChI=1S/C14H15Cl2N3O5S2/c1-3-25(20,21)12-7-11(24-2)13(19-18-12)14(26(17,22)23)8-4-9(15)6-10(16)5-8/h4-7,14H,3H2,1-2H3,(H2,17,22,23). The molecule has 26 heavy (non-hydrogen) atoms. The van der Waals surface area contributed by atoms with Crippen molar-refractivity contribution in [2.75, 3.05) is 12.9 Å². The molecule has 0 radical (unpaired) electrons. The van der Waals surface area contributed by atoms with Gasteiger partial charge in [-0.25, -0.2) is 22.0 Å². The van der Waals surface area contributed by atoms with Gasteiger partial charge in [-0.15, -0.1) is 10.2 Å². The number of methoxy groups -OCH3 is 1. The average Bonchev–Trinajstić information content (AvgIpc) is 2.53. The lowest BCUT2D eigenvalue weighted by atomic mass is 10.1. The van der Waals surface area contributed by atoms with Crippen molar-refractivity contribution in [1.82, 2.24) is 10.2 Å². The summed E-state index contributed by atoms with van der Waals surface area (Å²) in [6, 6.07) is 5.25. The molecule has 8 nitrogen and oxygen atoms in total. The van der Waals surface area contributed by atoms with Gasteiger partial charge in [0.05, 0.1) is 12.9 Å². The molecule has 0 bridgehead atoms. The van der Waals surface area contributed by atoms with Crippen molar-refractivity contribution in [2.45, 2.75) is 17.2 Å². The fraction of sp³-hybridized carbons (Fsp3) is 0.286. The summed E-state index contributed by atoms with van der Waals surface area (Å²) in [6.45, 7) is 1.44. The number of sulfonamides is 1. The number of primary sulfonamides is 1. The quantitative estimate of drug-likeness (QED) is 0.727. The van der Waals surface area contributed by atoms with Crippen LogP contribution in [-0.4, -0.2) is 39.9 Å². The minimum Gasteiger partial charge on any atom is -0.495 e. The molecule has 142 valence electrons. The first-order valence-corrected chi connectivity index (χ1v) is 11.1. The third-order valence-corrected chi connectivity index (χ3v) is 6.63. The number of ether oxygens (including phenoxy) is 1. The van der Waals surface area contributed by atoms with Crippen LogP contribution in [0.15, 0.2) is 29.3 Å². The predicted molar refractivity (Wildman–Crippen MR) is 97.7 cm³/mol. The zero-order valence-electron chi connectivity index (χ0n) is 13.7. The van der Waals surface area contributed by atoms with Crippen LogP contribution in [-0.2, 0) is 19.9 Å². The Kier molecular flexibility index (Phi) is 6.13. The highest BCUT2D eigenvalue weighted by Gasteiger charge is 2.32. The molecule has 1 heterocycles. The van der Waals surface area contributed by atoms with Crippen LogP contribution < -0.4 is 9.88 Å². The van der Waals surface area contributed by atoms with E-state index in [9.17, 15) is 16.8 Å². The maximum atomic E-state index is 12.2. The third kappa shape index (κ3) is 4.44. The molecular formula is C14H15Cl2N3O5S2. The molecule has 1 aromatic carbocycles. The molecule has 0 spiro atoms. The van der Waals surface area contributed by atoms with Gasteiger partial charge in [-0.3, -0.25) is 0 Å². The average molecular weight is 440 g/mol. The summed E-state index contributed by atoms with van der Waals surface area (Å²) in [4.78, 5) is 0. The van der Waals surface area contributed by atoms with E-state index in [0.29, 0.717) is 0 Å². The van der Waals surface area contributed by atoms with Gasteiger partial charge in [0.2, 0.25) is 10.0 Å². The normalized spacial score (nSPS) is 13.4. The molecule has 0 fully saturated rings. The van der Waals surface area contributed by atoms with Crippen LogP contribution in [0.3, 0.4) is 0 Å². The lowest BCUT2D eigenvalue weighted by Gasteiger charge is -2.18. The van der Waals surface area contributed by atoms with Crippen molar-refractivity contribution >= 4 is 43.1 Å². The lowest BCUT2D eigenvalue weighted by molar-refractivity contribution is 0.402. The second-order valence-electron chi connectivity index (χ2n) is 5.21. The van der Waals surface area contributed by atoms with Gasteiger partial charge in [0.15, 0.2) is 14.9 Å². The minimum absolute atomic E-state index is 0.0952. The van der Waals surface area contributed by atoms with Crippen molar-refractivity contribution in [3.8, 4) is 5.75 Å². The van der Waals surface area contributed by atoms with E-state index in [1.807, 2.05) is 0 Å². The summed E-state index contributed by atoms with van der Waals surface area (Å²) in [7, 11) is -6.66. The molecule has 0 aliphatic rings. The molecule has 12 heteroatoms. The van der Waals surface area contributed by atoms with E-state index in [1.165, 1.54) is 32.2 Å². The van der Waals surface area contributed by atoms with Gasteiger partial charge in [0.1, 0.15) is 16.7 Å². The van der Waals surface area contributed by atoms with Crippen LogP contribution in [0, 0.1) is 0 Å². The molecular weight excluding hydrogens is 425 g/mol. The van der Waals surface area contributed by atoms with E-state index in [1.54, 1.807) is 0 Å². The molecule has 1 aromatic heterocycles. The highest BCUT2D eigenvalue weighted by molar-refractivity contribution is 7.91. The van der Waals surface area contributed by atoms with Gasteiger partial charge in [-0.2, -0.15) is 0 Å². The monoisotopic (exact) mass is 439 g/mol. The van der Waals surface area contributed by atoms with Crippen molar-refractivity contribution in [1.29, 1.82) is 0 Å². The van der Waals surface area contributed by atoms with Crippen molar-refractivity contribution < 1.29 is 21.6 Å². The number of nitrogens with two attached hydrogens (primary N) is 1. The topological polar surface area (TPSA) is 129 Å². The molecule has 2 rings (SSSR count). The Hall–Kier alpha value is -1.46. The van der Waals surface area contributed by atoms with Gasteiger partial charge in [-0.1, -0.05) is 30.1 Å². The highest BCUT2D eigenvalue weighted by atomic mass is 35.5. The van der Waals surface area contributed by atoms with Gasteiger partial charge in [0, 0.05) is 16.1 Å². The number of hydrogen-bond acceptors (Lipinski definition) is 7. The largest absolute Gasteiger partial charge is 0.495 e. The molecule has 2 aromatic rings. The third-order valence-electron chi connectivity index (χ3n) is 3.45. The molecule has 0 amide bonds. The minimum atomic E-state index is -4.24. The molecule has 2 N–H and O–H groups in total. The van der Waals surface area contributed by atoms with E-state index in [0.717, 1.165) is 6.07 Å². The molecule has 0 aliphatic heterocycles. The Balaban J connectivity index is 2.74. The number of nitrogens with zero attached hydrogens (tertiary/aromatic N) is 2. The van der Waals surface area contributed by atoms with Crippen molar-refractivity contribution in [2.24, 2.45) is 5.14 Å². The van der Waals surface area contributed by atoms with Crippen LogP contribution >= 0.6 is 23.2 Å². The van der Waals surface area contributed by atoms with Gasteiger partial charge in [-0.05, 0) is 23.8 Å². The van der Waals surface area contributed by atoms with Crippen LogP contribution in [0.4, 0.5) is 0 Å². The molecule has 0 saturated heterocycles. The predicted octanol–water partition coefficient (Wildman–Crippen LogP) is 1.96. The number of hydrogen-bond donors (Lipinski definition) is 1. The summed E-state index contributed by atoms with van der Waals surface area (Å²) < 4.78 is 53.5. The zero-order chi connectivity index (χ0) is 19.7. The second-order valence-corrected chi connectivity index (χ2v) is 9.96. The van der Waals surface area contributed by atoms with Gasteiger partial charge in [0.25, 0.3) is 0 Å². The molecule has 0 saturated carbocycles. The number of aromatic nitrogens is 2. The number of rotatable bonds is 6. The Bertz CT molecular complexity index is 1020. The summed E-state index contributed by atoms with van der Waals surface area (Å²) >= 11 is 11.9. The van der Waals surface area contributed by atoms with E-state index in [2.05, 4.69) is 10.2 Å². The number of benzene rings is 1. The fourth-order valence-electron chi connectivity index (χ4n) is 2.24. The van der Waals surface area contributed by atoms with Gasteiger partial charge >= 0.3 is 0 Å². The first-order chi connectivity index (χ1) is 12.0. The summed E-state index contributed by atoms with van der Waals surface area (Å²) in [5.74, 6) is -0.297. The summed E-state index contributed by atoms with van der Waals surface area (Å²) in [6.07, 6.45) is 0. The van der Waals surface area contributed by atoms with E-state index >= 15 is 0 Å². The summed E-state index contributed by atoms with van der Waals surface area (Å²) in [5, 5.41) is 11.3. The number of sulfone groups is 1. The Morgan fingerprint density at radius 3 is 2.12 bits per heavy atom. The van der Waals surface area contributed by atoms with Crippen LogP contribution in [0.5, 0.6) is 5.75 Å². The fourth-order valence-corrected chi connectivity index (χ4v) is 4.52. The first-order valence-electron chi connectivity index (χ1n) is 7.11. The smallest absolute Gasteiger partial charge is 0.222 e. The summed E-state index contributed by atoms with van der Waals surface area (Å²) in [5.41, 5.74) is -0.0351.